The summed E-state index contributed by atoms with van der Waals surface area (Å²) in [7, 11) is 0. The first-order chi connectivity index (χ1) is 7.45. The zero-order valence-electron chi connectivity index (χ0n) is 9.38. The van der Waals surface area contributed by atoms with Crippen molar-refractivity contribution in [2.45, 2.75) is 20.8 Å². The highest BCUT2D eigenvalue weighted by Crippen LogP contribution is 2.25. The van der Waals surface area contributed by atoms with Gasteiger partial charge >= 0.3 is 0 Å². The van der Waals surface area contributed by atoms with Gasteiger partial charge in [0.2, 0.25) is 5.91 Å². The fraction of sp³-hybridized carbons (Fsp3) is 0.250. The van der Waals surface area contributed by atoms with Gasteiger partial charge in [-0.1, -0.05) is 0 Å². The number of carbonyl (C=O) groups excluding carboxylic acids is 1. The number of hydrogen-bond donors (Lipinski definition) is 1. The number of amides is 1. The van der Waals surface area contributed by atoms with Crippen LogP contribution in [0.25, 0.3) is 0 Å². The highest BCUT2D eigenvalue weighted by molar-refractivity contribution is 5.97. The average Bonchev–Trinajstić information content (AvgIpc) is 2.18. The van der Waals surface area contributed by atoms with Gasteiger partial charge in [-0.2, -0.15) is 10.5 Å². The molecule has 0 aliphatic rings. The minimum absolute atomic E-state index is 0.277. The molecule has 80 valence electrons. The summed E-state index contributed by atoms with van der Waals surface area (Å²) in [4.78, 5) is 11.3. The highest BCUT2D eigenvalue weighted by atomic mass is 16.1. The molecule has 0 saturated heterocycles. The standard InChI is InChI=1S/C12H11N3O/c1-6-9(4-13)7(2)11(12(15)16)8(3)10(6)5-14/h1-3H3,(H2,15,16). The summed E-state index contributed by atoms with van der Waals surface area (Å²) in [5, 5.41) is 18.0. The van der Waals surface area contributed by atoms with Gasteiger partial charge in [-0.25, -0.2) is 0 Å². The summed E-state index contributed by atoms with van der Waals surface area (Å²) in [6.07, 6.45) is 0. The lowest BCUT2D eigenvalue weighted by Gasteiger charge is -2.13. The molecule has 2 N–H and O–H groups in total. The third-order valence-electron chi connectivity index (χ3n) is 2.72. The molecule has 1 rings (SSSR count). The van der Waals surface area contributed by atoms with Crippen LogP contribution in [0.1, 0.15) is 38.2 Å². The van der Waals surface area contributed by atoms with E-state index in [-0.39, 0.29) is 5.56 Å². The van der Waals surface area contributed by atoms with Crippen LogP contribution in [0.4, 0.5) is 0 Å². The van der Waals surface area contributed by atoms with E-state index in [0.29, 0.717) is 27.8 Å². The maximum absolute atomic E-state index is 11.3. The number of nitrogens with two attached hydrogens (primary N) is 1. The normalized spacial score (nSPS) is 9.31. The molecule has 4 nitrogen and oxygen atoms in total. The second-order valence-electron chi connectivity index (χ2n) is 3.59. The second kappa shape index (κ2) is 4.04. The summed E-state index contributed by atoms with van der Waals surface area (Å²) >= 11 is 0. The lowest BCUT2D eigenvalue weighted by Crippen LogP contribution is -2.17. The Balaban J connectivity index is 3.88. The van der Waals surface area contributed by atoms with Crippen LogP contribution in [0.5, 0.6) is 0 Å². The Morgan fingerprint density at radius 3 is 1.62 bits per heavy atom. The van der Waals surface area contributed by atoms with Crippen molar-refractivity contribution in [3.8, 4) is 12.1 Å². The molecule has 0 atom stereocenters. The Morgan fingerprint density at radius 2 is 1.38 bits per heavy atom. The quantitative estimate of drug-likeness (QED) is 0.765. The van der Waals surface area contributed by atoms with Gasteiger partial charge in [0.15, 0.2) is 0 Å². The summed E-state index contributed by atoms with van der Waals surface area (Å²) < 4.78 is 0. The average molecular weight is 213 g/mol. The number of nitriles is 2. The maximum Gasteiger partial charge on any atom is 0.249 e. The lowest BCUT2D eigenvalue weighted by atomic mass is 9.89. The molecule has 0 unspecified atom stereocenters. The number of rotatable bonds is 1. The van der Waals surface area contributed by atoms with Crippen LogP contribution in [-0.2, 0) is 0 Å². The van der Waals surface area contributed by atoms with Crippen LogP contribution in [-0.4, -0.2) is 5.91 Å². The molecule has 0 radical (unpaired) electrons. The molecule has 1 aromatic carbocycles. The maximum atomic E-state index is 11.3. The minimum Gasteiger partial charge on any atom is -0.366 e. The SMILES string of the molecule is Cc1c(C#N)c(C)c(C(N)=O)c(C)c1C#N. The van der Waals surface area contributed by atoms with Crippen molar-refractivity contribution in [1.82, 2.24) is 0 Å². The van der Waals surface area contributed by atoms with E-state index < -0.39 is 5.91 Å². The van der Waals surface area contributed by atoms with Crippen LogP contribution >= 0.6 is 0 Å². The van der Waals surface area contributed by atoms with E-state index in [1.807, 2.05) is 12.1 Å². The van der Waals surface area contributed by atoms with E-state index in [0.717, 1.165) is 0 Å². The fourth-order valence-electron chi connectivity index (χ4n) is 1.92. The first-order valence-electron chi connectivity index (χ1n) is 4.69. The van der Waals surface area contributed by atoms with Crippen molar-refractivity contribution in [3.05, 3.63) is 33.4 Å². The van der Waals surface area contributed by atoms with E-state index in [2.05, 4.69) is 0 Å². The van der Waals surface area contributed by atoms with Crippen molar-refractivity contribution in [1.29, 1.82) is 10.5 Å². The molecule has 4 heteroatoms. The predicted molar refractivity (Wildman–Crippen MR) is 58.6 cm³/mol. The molecule has 0 bridgehead atoms. The first-order valence-corrected chi connectivity index (χ1v) is 4.69. The third-order valence-corrected chi connectivity index (χ3v) is 2.72. The molecule has 0 heterocycles. The van der Waals surface area contributed by atoms with Gasteiger partial charge in [0.1, 0.15) is 0 Å². The largest absolute Gasteiger partial charge is 0.366 e. The number of primary amides is 1. The van der Waals surface area contributed by atoms with Crippen molar-refractivity contribution < 1.29 is 4.79 Å². The van der Waals surface area contributed by atoms with Crippen LogP contribution in [0.2, 0.25) is 0 Å². The van der Waals surface area contributed by atoms with Crippen LogP contribution in [0, 0.1) is 43.4 Å². The molecular formula is C12H11N3O. The Labute approximate surface area is 93.9 Å². The number of hydrogen-bond acceptors (Lipinski definition) is 3. The Bertz CT molecular complexity index is 518. The van der Waals surface area contributed by atoms with Gasteiger partial charge in [-0.15, -0.1) is 0 Å². The van der Waals surface area contributed by atoms with Gasteiger partial charge in [0, 0.05) is 5.56 Å². The lowest BCUT2D eigenvalue weighted by molar-refractivity contribution is 0.0999. The van der Waals surface area contributed by atoms with Crippen LogP contribution < -0.4 is 5.73 Å². The van der Waals surface area contributed by atoms with Gasteiger partial charge in [0.25, 0.3) is 0 Å². The van der Waals surface area contributed by atoms with E-state index in [4.69, 9.17) is 16.3 Å². The zero-order chi connectivity index (χ0) is 12.5. The van der Waals surface area contributed by atoms with E-state index >= 15 is 0 Å². The molecule has 1 amide bonds. The smallest absolute Gasteiger partial charge is 0.249 e. The Morgan fingerprint density at radius 1 is 1.00 bits per heavy atom. The summed E-state index contributed by atoms with van der Waals surface area (Å²) in [6.45, 7) is 5.03. The molecule has 0 saturated carbocycles. The summed E-state index contributed by atoms with van der Waals surface area (Å²) in [5.41, 5.74) is 7.94. The number of nitrogens with zero attached hydrogens (tertiary/aromatic N) is 2. The van der Waals surface area contributed by atoms with E-state index in [1.54, 1.807) is 20.8 Å². The molecule has 0 aliphatic carbocycles. The number of carbonyl (C=O) groups is 1. The summed E-state index contributed by atoms with van der Waals surface area (Å²) in [6, 6.07) is 4.00. The van der Waals surface area contributed by atoms with Crippen molar-refractivity contribution >= 4 is 5.91 Å². The predicted octanol–water partition coefficient (Wildman–Crippen LogP) is 1.45. The van der Waals surface area contributed by atoms with Crippen molar-refractivity contribution in [2.24, 2.45) is 5.73 Å². The molecule has 0 aromatic heterocycles. The van der Waals surface area contributed by atoms with Crippen molar-refractivity contribution in [2.75, 3.05) is 0 Å². The molecule has 0 aliphatic heterocycles. The zero-order valence-corrected chi connectivity index (χ0v) is 9.38. The van der Waals surface area contributed by atoms with E-state index in [9.17, 15) is 4.79 Å². The molecule has 16 heavy (non-hydrogen) atoms. The van der Waals surface area contributed by atoms with Gasteiger partial charge in [0.05, 0.1) is 23.3 Å². The fourth-order valence-corrected chi connectivity index (χ4v) is 1.92. The number of benzene rings is 1. The minimum atomic E-state index is -0.608. The molecular weight excluding hydrogens is 202 g/mol. The first kappa shape index (κ1) is 11.7. The van der Waals surface area contributed by atoms with Gasteiger partial charge in [-0.3, -0.25) is 4.79 Å². The van der Waals surface area contributed by atoms with Crippen molar-refractivity contribution in [3.63, 3.8) is 0 Å². The monoisotopic (exact) mass is 213 g/mol. The Hall–Kier alpha value is -2.33. The molecule has 1 aromatic rings. The van der Waals surface area contributed by atoms with Gasteiger partial charge in [-0.05, 0) is 37.5 Å². The Kier molecular flexibility index (Phi) is 2.96. The molecule has 0 spiro atoms. The van der Waals surface area contributed by atoms with E-state index in [1.165, 1.54) is 0 Å². The van der Waals surface area contributed by atoms with Crippen LogP contribution in [0.3, 0.4) is 0 Å². The highest BCUT2D eigenvalue weighted by Gasteiger charge is 2.19. The van der Waals surface area contributed by atoms with Crippen LogP contribution in [0.15, 0.2) is 0 Å². The topological polar surface area (TPSA) is 90.7 Å². The third kappa shape index (κ3) is 1.51. The molecule has 0 fully saturated rings. The van der Waals surface area contributed by atoms with Gasteiger partial charge < -0.3 is 5.73 Å². The summed E-state index contributed by atoms with van der Waals surface area (Å²) in [5.74, 6) is -0.608. The second-order valence-corrected chi connectivity index (χ2v) is 3.59.